The molecule has 0 atom stereocenters. The Balaban J connectivity index is 1.71. The SMILES string of the molecule is CCn1c(CCC(=O)Cc2ccccc2C(=O)OC)nnc1-c1cccc(C)c1. The number of ether oxygens (including phenoxy) is 1. The number of aromatic nitrogens is 3. The molecule has 3 aromatic rings. The molecule has 6 nitrogen and oxygen atoms in total. The summed E-state index contributed by atoms with van der Waals surface area (Å²) in [6.45, 7) is 4.81. The number of rotatable bonds is 8. The van der Waals surface area contributed by atoms with Crippen molar-refractivity contribution in [1.82, 2.24) is 14.8 Å². The van der Waals surface area contributed by atoms with E-state index in [2.05, 4.69) is 16.3 Å². The normalized spacial score (nSPS) is 10.7. The molecule has 1 aromatic heterocycles. The van der Waals surface area contributed by atoms with E-state index in [-0.39, 0.29) is 12.2 Å². The molecule has 3 rings (SSSR count). The highest BCUT2D eigenvalue weighted by Crippen LogP contribution is 2.20. The Morgan fingerprint density at radius 1 is 1.07 bits per heavy atom. The van der Waals surface area contributed by atoms with Crippen LogP contribution >= 0.6 is 0 Å². The van der Waals surface area contributed by atoms with E-state index in [0.717, 1.165) is 29.3 Å². The van der Waals surface area contributed by atoms with E-state index in [1.807, 2.05) is 42.7 Å². The van der Waals surface area contributed by atoms with Crippen LogP contribution in [-0.4, -0.2) is 33.6 Å². The van der Waals surface area contributed by atoms with Gasteiger partial charge in [-0.25, -0.2) is 4.79 Å². The van der Waals surface area contributed by atoms with Crippen molar-refractivity contribution in [1.29, 1.82) is 0 Å². The van der Waals surface area contributed by atoms with Gasteiger partial charge in [0.2, 0.25) is 0 Å². The van der Waals surface area contributed by atoms with Gasteiger partial charge in [-0.2, -0.15) is 0 Å². The number of ketones is 1. The van der Waals surface area contributed by atoms with Crippen molar-refractivity contribution >= 4 is 11.8 Å². The van der Waals surface area contributed by atoms with E-state index in [1.165, 1.54) is 7.11 Å². The summed E-state index contributed by atoms with van der Waals surface area (Å²) in [6.07, 6.45) is 1.03. The van der Waals surface area contributed by atoms with Gasteiger partial charge in [0.25, 0.3) is 0 Å². The lowest BCUT2D eigenvalue weighted by molar-refractivity contribution is -0.118. The number of benzene rings is 2. The first-order valence-electron chi connectivity index (χ1n) is 9.70. The van der Waals surface area contributed by atoms with Crippen molar-refractivity contribution in [3.63, 3.8) is 0 Å². The largest absolute Gasteiger partial charge is 0.465 e. The smallest absolute Gasteiger partial charge is 0.338 e. The molecule has 150 valence electrons. The maximum absolute atomic E-state index is 12.6. The Hall–Kier alpha value is -3.28. The summed E-state index contributed by atoms with van der Waals surface area (Å²) in [5.74, 6) is 1.22. The van der Waals surface area contributed by atoms with Gasteiger partial charge in [0.05, 0.1) is 12.7 Å². The first-order chi connectivity index (χ1) is 14.0. The molecule has 29 heavy (non-hydrogen) atoms. The molecule has 0 saturated carbocycles. The maximum Gasteiger partial charge on any atom is 0.338 e. The minimum Gasteiger partial charge on any atom is -0.465 e. The number of nitrogens with zero attached hydrogens (tertiary/aromatic N) is 3. The molecule has 0 aliphatic heterocycles. The fourth-order valence-corrected chi connectivity index (χ4v) is 3.39. The van der Waals surface area contributed by atoms with Crippen LogP contribution < -0.4 is 0 Å². The number of aryl methyl sites for hydroxylation is 2. The van der Waals surface area contributed by atoms with Gasteiger partial charge in [-0.3, -0.25) is 4.79 Å². The van der Waals surface area contributed by atoms with E-state index in [0.29, 0.717) is 24.0 Å². The third-order valence-corrected chi connectivity index (χ3v) is 4.86. The third kappa shape index (κ3) is 4.77. The van der Waals surface area contributed by atoms with Crippen LogP contribution in [0.15, 0.2) is 48.5 Å². The highest BCUT2D eigenvalue weighted by Gasteiger charge is 2.16. The monoisotopic (exact) mass is 391 g/mol. The molecule has 0 aliphatic carbocycles. The lowest BCUT2D eigenvalue weighted by Gasteiger charge is -2.09. The van der Waals surface area contributed by atoms with Crippen LogP contribution in [0.1, 0.15) is 40.7 Å². The molecule has 0 unspecified atom stereocenters. The van der Waals surface area contributed by atoms with Gasteiger partial charge in [-0.1, -0.05) is 42.0 Å². The summed E-state index contributed by atoms with van der Waals surface area (Å²) >= 11 is 0. The average Bonchev–Trinajstić information content (AvgIpc) is 3.15. The molecule has 1 heterocycles. The van der Waals surface area contributed by atoms with Crippen LogP contribution in [0, 0.1) is 6.92 Å². The van der Waals surface area contributed by atoms with Gasteiger partial charge in [0.1, 0.15) is 11.6 Å². The molecular weight excluding hydrogens is 366 g/mol. The number of methoxy groups -OCH3 is 1. The molecule has 0 saturated heterocycles. The van der Waals surface area contributed by atoms with E-state index in [9.17, 15) is 9.59 Å². The minimum atomic E-state index is -0.429. The predicted molar refractivity (Wildman–Crippen MR) is 111 cm³/mol. The van der Waals surface area contributed by atoms with Gasteiger partial charge < -0.3 is 9.30 Å². The molecule has 0 aliphatic rings. The maximum atomic E-state index is 12.6. The van der Waals surface area contributed by atoms with Crippen LogP contribution in [0.4, 0.5) is 0 Å². The van der Waals surface area contributed by atoms with Gasteiger partial charge in [0, 0.05) is 31.4 Å². The van der Waals surface area contributed by atoms with Crippen LogP contribution in [0.3, 0.4) is 0 Å². The minimum absolute atomic E-state index is 0.0455. The molecule has 0 radical (unpaired) electrons. The second-order valence-corrected chi connectivity index (χ2v) is 6.92. The summed E-state index contributed by atoms with van der Waals surface area (Å²) in [7, 11) is 1.34. The van der Waals surface area contributed by atoms with Crippen molar-refractivity contribution in [3.05, 3.63) is 71.0 Å². The Morgan fingerprint density at radius 2 is 1.86 bits per heavy atom. The van der Waals surface area contributed by atoms with Crippen molar-refractivity contribution in [2.24, 2.45) is 0 Å². The highest BCUT2D eigenvalue weighted by atomic mass is 16.5. The standard InChI is InChI=1S/C23H25N3O3/c1-4-26-21(24-25-22(26)18-10-7-8-16(2)14-18)13-12-19(27)15-17-9-5-6-11-20(17)23(28)29-3/h5-11,14H,4,12-13,15H2,1-3H3. The number of esters is 1. The zero-order valence-corrected chi connectivity index (χ0v) is 17.0. The Morgan fingerprint density at radius 3 is 2.59 bits per heavy atom. The van der Waals surface area contributed by atoms with E-state index in [4.69, 9.17) is 4.74 Å². The number of hydrogen-bond donors (Lipinski definition) is 0. The summed E-state index contributed by atoms with van der Waals surface area (Å²) in [4.78, 5) is 24.4. The molecular formula is C23H25N3O3. The fraction of sp³-hybridized carbons (Fsp3) is 0.304. The van der Waals surface area contributed by atoms with Crippen LogP contribution in [0.5, 0.6) is 0 Å². The quantitative estimate of drug-likeness (QED) is 0.546. The summed E-state index contributed by atoms with van der Waals surface area (Å²) in [6, 6.07) is 15.2. The number of hydrogen-bond acceptors (Lipinski definition) is 5. The van der Waals surface area contributed by atoms with Crippen LogP contribution in [0.25, 0.3) is 11.4 Å². The zero-order valence-electron chi connectivity index (χ0n) is 17.0. The molecule has 0 fully saturated rings. The van der Waals surface area contributed by atoms with Crippen molar-refractivity contribution in [2.75, 3.05) is 7.11 Å². The van der Waals surface area contributed by atoms with Crippen molar-refractivity contribution in [2.45, 2.75) is 39.7 Å². The number of Topliss-reactive ketones (excluding diaryl/α,β-unsaturated/α-hetero) is 1. The highest BCUT2D eigenvalue weighted by molar-refractivity contribution is 5.93. The van der Waals surface area contributed by atoms with Crippen molar-refractivity contribution in [3.8, 4) is 11.4 Å². The Kier molecular flexibility index (Phi) is 6.54. The number of carbonyl (C=O) groups is 2. The van der Waals surface area contributed by atoms with Gasteiger partial charge in [0.15, 0.2) is 5.82 Å². The molecule has 0 spiro atoms. The fourth-order valence-electron chi connectivity index (χ4n) is 3.39. The predicted octanol–water partition coefficient (Wildman–Crippen LogP) is 3.80. The first kappa shape index (κ1) is 20.5. The molecule has 6 heteroatoms. The number of carbonyl (C=O) groups excluding carboxylic acids is 2. The Labute approximate surface area is 170 Å². The Bertz CT molecular complexity index is 1020. The summed E-state index contributed by atoms with van der Waals surface area (Å²) in [5.41, 5.74) is 3.29. The second-order valence-electron chi connectivity index (χ2n) is 6.92. The van der Waals surface area contributed by atoms with E-state index < -0.39 is 5.97 Å². The molecule has 2 aromatic carbocycles. The van der Waals surface area contributed by atoms with E-state index >= 15 is 0 Å². The zero-order chi connectivity index (χ0) is 20.8. The summed E-state index contributed by atoms with van der Waals surface area (Å²) < 4.78 is 6.85. The van der Waals surface area contributed by atoms with Gasteiger partial charge >= 0.3 is 5.97 Å². The average molecular weight is 391 g/mol. The topological polar surface area (TPSA) is 74.1 Å². The molecule has 0 bridgehead atoms. The third-order valence-electron chi connectivity index (χ3n) is 4.86. The van der Waals surface area contributed by atoms with E-state index in [1.54, 1.807) is 18.2 Å². The van der Waals surface area contributed by atoms with Crippen molar-refractivity contribution < 1.29 is 14.3 Å². The van der Waals surface area contributed by atoms with Crippen LogP contribution in [0.2, 0.25) is 0 Å². The lowest BCUT2D eigenvalue weighted by atomic mass is 10.0. The van der Waals surface area contributed by atoms with Crippen LogP contribution in [-0.2, 0) is 28.9 Å². The summed E-state index contributed by atoms with van der Waals surface area (Å²) in [5, 5.41) is 8.67. The first-order valence-corrected chi connectivity index (χ1v) is 9.70. The molecule has 0 amide bonds. The van der Waals surface area contributed by atoms with Gasteiger partial charge in [-0.15, -0.1) is 10.2 Å². The molecule has 0 N–H and O–H groups in total. The van der Waals surface area contributed by atoms with Gasteiger partial charge in [-0.05, 0) is 31.5 Å². The second kappa shape index (κ2) is 9.28. The lowest BCUT2D eigenvalue weighted by Crippen LogP contribution is -2.12.